The highest BCUT2D eigenvalue weighted by atomic mass is 16.5. The van der Waals surface area contributed by atoms with Gasteiger partial charge in [0.25, 0.3) is 0 Å². The quantitative estimate of drug-likeness (QED) is 0.907. The summed E-state index contributed by atoms with van der Waals surface area (Å²) in [6, 6.07) is 5.18. The molecule has 1 aliphatic carbocycles. The molecule has 2 N–H and O–H groups in total. The number of aryl methyl sites for hydroxylation is 1. The average molecular weight is 285 g/mol. The Kier molecular flexibility index (Phi) is 3.64. The molecule has 0 spiro atoms. The Balaban J connectivity index is 2.10. The van der Waals surface area contributed by atoms with Crippen LogP contribution >= 0.6 is 0 Å². The molecule has 2 aromatic rings. The number of methoxy groups -OCH3 is 1. The van der Waals surface area contributed by atoms with Gasteiger partial charge in [0.1, 0.15) is 5.82 Å². The molecular formula is C16H19N3O2. The van der Waals surface area contributed by atoms with Crippen LogP contribution in [0.4, 0.5) is 5.82 Å². The second-order valence-corrected chi connectivity index (χ2v) is 5.16. The summed E-state index contributed by atoms with van der Waals surface area (Å²) in [6.07, 6.45) is 4.39. The first kappa shape index (κ1) is 13.7. The van der Waals surface area contributed by atoms with Gasteiger partial charge < -0.3 is 15.2 Å². The fraction of sp³-hybridized carbons (Fsp3) is 0.375. The Bertz CT molecular complexity index is 654. The molecule has 0 aliphatic heterocycles. The van der Waals surface area contributed by atoms with Crippen LogP contribution in [0.15, 0.2) is 18.2 Å². The highest BCUT2D eigenvalue weighted by Gasteiger charge is 2.18. The monoisotopic (exact) mass is 285 g/mol. The van der Waals surface area contributed by atoms with Crippen LogP contribution in [-0.4, -0.2) is 29.2 Å². The van der Waals surface area contributed by atoms with E-state index in [0.29, 0.717) is 11.6 Å². The molecule has 5 heteroatoms. The maximum Gasteiger partial charge on any atom is 0.161 e. The van der Waals surface area contributed by atoms with Crippen LogP contribution in [0.3, 0.4) is 0 Å². The zero-order chi connectivity index (χ0) is 14.8. The van der Waals surface area contributed by atoms with Gasteiger partial charge in [0.2, 0.25) is 0 Å². The van der Waals surface area contributed by atoms with Crippen molar-refractivity contribution in [1.82, 2.24) is 9.97 Å². The van der Waals surface area contributed by atoms with E-state index in [1.807, 2.05) is 13.1 Å². The third-order valence-corrected chi connectivity index (χ3v) is 3.86. The van der Waals surface area contributed by atoms with Crippen molar-refractivity contribution in [2.45, 2.75) is 25.7 Å². The molecule has 1 aromatic carbocycles. The minimum Gasteiger partial charge on any atom is -0.504 e. The first-order valence-corrected chi connectivity index (χ1v) is 7.18. The smallest absolute Gasteiger partial charge is 0.161 e. The average Bonchev–Trinajstić information content (AvgIpc) is 2.54. The van der Waals surface area contributed by atoms with Gasteiger partial charge in [-0.1, -0.05) is 0 Å². The highest BCUT2D eigenvalue weighted by Crippen LogP contribution is 2.32. The minimum absolute atomic E-state index is 0.119. The van der Waals surface area contributed by atoms with Gasteiger partial charge in [0.15, 0.2) is 17.3 Å². The van der Waals surface area contributed by atoms with Gasteiger partial charge >= 0.3 is 0 Å². The number of phenolic OH excluding ortho intramolecular Hbond substituents is 1. The molecule has 110 valence electrons. The molecule has 1 aromatic heterocycles. The third-order valence-electron chi connectivity index (χ3n) is 3.86. The van der Waals surface area contributed by atoms with Crippen molar-refractivity contribution in [3.8, 4) is 22.9 Å². The van der Waals surface area contributed by atoms with Gasteiger partial charge in [-0.2, -0.15) is 0 Å². The number of aromatic hydroxyl groups is 1. The van der Waals surface area contributed by atoms with Crippen molar-refractivity contribution in [1.29, 1.82) is 0 Å². The van der Waals surface area contributed by atoms with Crippen molar-refractivity contribution >= 4 is 5.82 Å². The molecule has 21 heavy (non-hydrogen) atoms. The molecule has 0 saturated carbocycles. The van der Waals surface area contributed by atoms with Crippen LogP contribution in [0.2, 0.25) is 0 Å². The molecule has 1 heterocycles. The molecule has 0 radical (unpaired) electrons. The lowest BCUT2D eigenvalue weighted by Gasteiger charge is -2.19. The number of benzene rings is 1. The second kappa shape index (κ2) is 5.60. The number of fused-ring (bicyclic) bond motifs is 1. The number of ether oxygens (including phenoxy) is 1. The zero-order valence-corrected chi connectivity index (χ0v) is 12.3. The number of phenols is 1. The molecule has 1 aliphatic rings. The normalized spacial score (nSPS) is 13.6. The van der Waals surface area contributed by atoms with Crippen molar-refractivity contribution in [2.24, 2.45) is 0 Å². The van der Waals surface area contributed by atoms with Crippen LogP contribution in [-0.2, 0) is 12.8 Å². The largest absolute Gasteiger partial charge is 0.504 e. The summed E-state index contributed by atoms with van der Waals surface area (Å²) in [7, 11) is 3.42. The number of rotatable bonds is 3. The maximum absolute atomic E-state index is 9.70. The van der Waals surface area contributed by atoms with Crippen LogP contribution in [0.25, 0.3) is 11.4 Å². The Morgan fingerprint density at radius 1 is 1.19 bits per heavy atom. The molecule has 3 rings (SSSR count). The first-order valence-electron chi connectivity index (χ1n) is 7.18. The SMILES string of the molecule is CNc1nc(-c2ccc(O)c(OC)c2)nc2c1CCCC2. The topological polar surface area (TPSA) is 67.3 Å². The van der Waals surface area contributed by atoms with Crippen molar-refractivity contribution in [3.63, 3.8) is 0 Å². The predicted molar refractivity (Wildman–Crippen MR) is 81.9 cm³/mol. The summed E-state index contributed by atoms with van der Waals surface area (Å²) in [5, 5.41) is 12.9. The summed E-state index contributed by atoms with van der Waals surface area (Å²) in [5.74, 6) is 2.12. The van der Waals surface area contributed by atoms with Gasteiger partial charge in [0, 0.05) is 23.9 Å². The molecule has 0 bridgehead atoms. The third kappa shape index (κ3) is 2.51. The second-order valence-electron chi connectivity index (χ2n) is 5.16. The van der Waals surface area contributed by atoms with E-state index in [4.69, 9.17) is 9.72 Å². The molecule has 5 nitrogen and oxygen atoms in total. The number of nitrogens with zero attached hydrogens (tertiary/aromatic N) is 2. The lowest BCUT2D eigenvalue weighted by Crippen LogP contribution is -2.11. The molecule has 0 atom stereocenters. The Morgan fingerprint density at radius 2 is 2.00 bits per heavy atom. The summed E-state index contributed by atoms with van der Waals surface area (Å²) >= 11 is 0. The van der Waals surface area contributed by atoms with Gasteiger partial charge in [-0.05, 0) is 43.9 Å². The number of aromatic nitrogens is 2. The Hall–Kier alpha value is -2.30. The molecule has 0 saturated heterocycles. The predicted octanol–water partition coefficient (Wildman–Crippen LogP) is 2.78. The lowest BCUT2D eigenvalue weighted by molar-refractivity contribution is 0.373. The van der Waals surface area contributed by atoms with E-state index in [-0.39, 0.29) is 5.75 Å². The van der Waals surface area contributed by atoms with Crippen LogP contribution in [0.5, 0.6) is 11.5 Å². The van der Waals surface area contributed by atoms with Crippen LogP contribution in [0, 0.1) is 0 Å². The lowest BCUT2D eigenvalue weighted by atomic mass is 9.96. The maximum atomic E-state index is 9.70. The van der Waals surface area contributed by atoms with Gasteiger partial charge in [-0.25, -0.2) is 9.97 Å². The van der Waals surface area contributed by atoms with Gasteiger partial charge in [-0.3, -0.25) is 0 Å². The molecule has 0 unspecified atom stereocenters. The number of nitrogens with one attached hydrogen (secondary N) is 1. The first-order chi connectivity index (χ1) is 10.2. The molecule has 0 fully saturated rings. The molecular weight excluding hydrogens is 266 g/mol. The highest BCUT2D eigenvalue weighted by molar-refractivity contribution is 5.64. The van der Waals surface area contributed by atoms with E-state index in [9.17, 15) is 5.11 Å². The summed E-state index contributed by atoms with van der Waals surface area (Å²) < 4.78 is 5.16. The summed E-state index contributed by atoms with van der Waals surface area (Å²) in [4.78, 5) is 9.33. The molecule has 0 amide bonds. The van der Waals surface area contributed by atoms with Crippen molar-refractivity contribution in [2.75, 3.05) is 19.5 Å². The fourth-order valence-electron chi connectivity index (χ4n) is 2.75. The minimum atomic E-state index is 0.119. The number of hydrogen-bond donors (Lipinski definition) is 2. The number of anilines is 1. The van der Waals surface area contributed by atoms with Gasteiger partial charge in [0.05, 0.1) is 7.11 Å². The summed E-state index contributed by atoms with van der Waals surface area (Å²) in [5.41, 5.74) is 3.20. The van der Waals surface area contributed by atoms with E-state index in [0.717, 1.165) is 29.9 Å². The Morgan fingerprint density at radius 3 is 2.76 bits per heavy atom. The fourth-order valence-corrected chi connectivity index (χ4v) is 2.75. The Labute approximate surface area is 124 Å². The van der Waals surface area contributed by atoms with E-state index in [1.165, 1.54) is 25.5 Å². The number of hydrogen-bond acceptors (Lipinski definition) is 5. The van der Waals surface area contributed by atoms with E-state index in [2.05, 4.69) is 10.3 Å². The standard InChI is InChI=1S/C16H19N3O2/c1-17-16-11-5-3-4-6-12(11)18-15(19-16)10-7-8-13(20)14(9-10)21-2/h7-9,20H,3-6H2,1-2H3,(H,17,18,19). The van der Waals surface area contributed by atoms with E-state index < -0.39 is 0 Å². The van der Waals surface area contributed by atoms with Gasteiger partial charge in [-0.15, -0.1) is 0 Å². The van der Waals surface area contributed by atoms with E-state index >= 15 is 0 Å². The summed E-state index contributed by atoms with van der Waals surface area (Å²) in [6.45, 7) is 0. The van der Waals surface area contributed by atoms with Crippen LogP contribution < -0.4 is 10.1 Å². The van der Waals surface area contributed by atoms with E-state index in [1.54, 1.807) is 12.1 Å². The van der Waals surface area contributed by atoms with Crippen LogP contribution in [0.1, 0.15) is 24.1 Å². The zero-order valence-electron chi connectivity index (χ0n) is 12.3. The van der Waals surface area contributed by atoms with Crippen molar-refractivity contribution < 1.29 is 9.84 Å². The van der Waals surface area contributed by atoms with Crippen molar-refractivity contribution in [3.05, 3.63) is 29.5 Å².